The first kappa shape index (κ1) is 28.2. The van der Waals surface area contributed by atoms with E-state index in [1.807, 2.05) is 54.6 Å². The number of benzene rings is 7. The van der Waals surface area contributed by atoms with Gasteiger partial charge in [-0.25, -0.2) is 15.0 Å². The molecule has 0 aliphatic rings. The normalized spacial score (nSPS) is 11.6. The van der Waals surface area contributed by atoms with Crippen LogP contribution >= 0.6 is 0 Å². The van der Waals surface area contributed by atoms with Gasteiger partial charge in [0.2, 0.25) is 0 Å². The summed E-state index contributed by atoms with van der Waals surface area (Å²) < 4.78 is 8.78. The largest absolute Gasteiger partial charge is 0.456 e. The average molecular weight is 641 g/mol. The van der Waals surface area contributed by atoms with E-state index in [1.165, 1.54) is 10.8 Å². The molecule has 3 heterocycles. The Morgan fingerprint density at radius 2 is 0.940 bits per heavy atom. The van der Waals surface area contributed by atoms with Gasteiger partial charge in [-0.05, 0) is 53.6 Å². The van der Waals surface area contributed by atoms with E-state index in [0.29, 0.717) is 17.5 Å². The molecule has 0 saturated heterocycles. The Labute approximate surface area is 287 Å². The predicted octanol–water partition coefficient (Wildman–Crippen LogP) is 11.5. The lowest BCUT2D eigenvalue weighted by Gasteiger charge is -2.12. The summed E-state index contributed by atoms with van der Waals surface area (Å²) in [7, 11) is 0. The lowest BCUT2D eigenvalue weighted by Crippen LogP contribution is -2.01. The third-order valence-corrected chi connectivity index (χ3v) is 9.44. The molecule has 0 radical (unpaired) electrons. The van der Waals surface area contributed by atoms with Crippen molar-refractivity contribution < 1.29 is 4.42 Å². The number of hydrogen-bond donors (Lipinski definition) is 0. The predicted molar refractivity (Wildman–Crippen MR) is 203 cm³/mol. The van der Waals surface area contributed by atoms with Crippen LogP contribution in [0.2, 0.25) is 0 Å². The Balaban J connectivity index is 1.23. The number of aromatic nitrogens is 4. The second kappa shape index (κ2) is 11.4. The van der Waals surface area contributed by atoms with Gasteiger partial charge in [0.15, 0.2) is 17.5 Å². The average Bonchev–Trinajstić information content (AvgIpc) is 3.74. The molecule has 0 bridgehead atoms. The van der Waals surface area contributed by atoms with Gasteiger partial charge in [0.1, 0.15) is 11.2 Å². The summed E-state index contributed by atoms with van der Waals surface area (Å²) in [6, 6.07) is 58.5. The Hall–Kier alpha value is -6.85. The maximum absolute atomic E-state index is 6.46. The van der Waals surface area contributed by atoms with Gasteiger partial charge in [-0.1, -0.05) is 127 Å². The van der Waals surface area contributed by atoms with Crippen molar-refractivity contribution in [3.8, 4) is 51.0 Å². The molecule has 5 heteroatoms. The van der Waals surface area contributed by atoms with Crippen LogP contribution in [0.15, 0.2) is 174 Å². The first-order chi connectivity index (χ1) is 24.8. The van der Waals surface area contributed by atoms with Crippen molar-refractivity contribution >= 4 is 43.7 Å². The van der Waals surface area contributed by atoms with Crippen molar-refractivity contribution in [2.24, 2.45) is 0 Å². The fraction of sp³-hybridized carbons (Fsp3) is 0. The van der Waals surface area contributed by atoms with Gasteiger partial charge >= 0.3 is 0 Å². The zero-order valence-corrected chi connectivity index (χ0v) is 26.9. The Kier molecular flexibility index (Phi) is 6.42. The van der Waals surface area contributed by atoms with E-state index in [0.717, 1.165) is 66.5 Å². The highest BCUT2D eigenvalue weighted by Crippen LogP contribution is 2.40. The highest BCUT2D eigenvalue weighted by atomic mass is 16.3. The first-order valence-electron chi connectivity index (χ1n) is 16.7. The molecule has 50 heavy (non-hydrogen) atoms. The van der Waals surface area contributed by atoms with E-state index >= 15 is 0 Å². The third kappa shape index (κ3) is 4.60. The molecular formula is C45H28N4O. The quantitative estimate of drug-likeness (QED) is 0.188. The number of furan rings is 1. The molecule has 0 amide bonds. The van der Waals surface area contributed by atoms with Gasteiger partial charge in [0, 0.05) is 43.9 Å². The minimum Gasteiger partial charge on any atom is -0.456 e. The molecule has 7 aromatic carbocycles. The van der Waals surface area contributed by atoms with Crippen LogP contribution in [-0.2, 0) is 0 Å². The smallest absolute Gasteiger partial charge is 0.164 e. The van der Waals surface area contributed by atoms with Gasteiger partial charge in [0.25, 0.3) is 0 Å². The lowest BCUT2D eigenvalue weighted by atomic mass is 9.98. The fourth-order valence-corrected chi connectivity index (χ4v) is 7.15. The van der Waals surface area contributed by atoms with Crippen molar-refractivity contribution in [1.29, 1.82) is 0 Å². The molecule has 0 fully saturated rings. The van der Waals surface area contributed by atoms with E-state index in [-0.39, 0.29) is 0 Å². The zero-order valence-electron chi connectivity index (χ0n) is 26.9. The Morgan fingerprint density at radius 3 is 1.66 bits per heavy atom. The molecule has 10 aromatic rings. The van der Waals surface area contributed by atoms with E-state index in [2.05, 4.69) is 120 Å². The summed E-state index contributed by atoms with van der Waals surface area (Å²) in [5.74, 6) is 1.80. The van der Waals surface area contributed by atoms with Crippen molar-refractivity contribution in [1.82, 2.24) is 19.5 Å². The van der Waals surface area contributed by atoms with Gasteiger partial charge in [-0.3, -0.25) is 0 Å². The summed E-state index contributed by atoms with van der Waals surface area (Å²) in [4.78, 5) is 15.5. The molecule has 3 aromatic heterocycles. The fourth-order valence-electron chi connectivity index (χ4n) is 7.15. The molecule has 0 atom stereocenters. The summed E-state index contributed by atoms with van der Waals surface area (Å²) in [6.45, 7) is 0. The van der Waals surface area contributed by atoms with Crippen LogP contribution in [0.25, 0.3) is 94.7 Å². The van der Waals surface area contributed by atoms with Crippen LogP contribution < -0.4 is 0 Å². The standard InChI is InChI=1S/C45H28N4O/c1-3-14-29(15-4-1)32-27-37(42-36-22-9-12-25-40(36)50-41(42)28-32)45-47-43(30-16-5-2-6-17-30)46-44(48-45)31-18-13-19-33(26-31)49-38-23-10-7-20-34(38)35-21-8-11-24-39(35)49/h1-28H. The Bertz CT molecular complexity index is 2820. The molecular weight excluding hydrogens is 613 g/mol. The van der Waals surface area contributed by atoms with Crippen molar-refractivity contribution in [3.05, 3.63) is 170 Å². The summed E-state index contributed by atoms with van der Waals surface area (Å²) in [5, 5.41) is 4.44. The van der Waals surface area contributed by atoms with E-state index < -0.39 is 0 Å². The number of rotatable bonds is 5. The molecule has 0 aliphatic carbocycles. The van der Waals surface area contributed by atoms with Crippen LogP contribution in [0, 0.1) is 0 Å². The van der Waals surface area contributed by atoms with Crippen LogP contribution in [0.1, 0.15) is 0 Å². The number of nitrogens with zero attached hydrogens (tertiary/aromatic N) is 4. The van der Waals surface area contributed by atoms with Crippen LogP contribution in [0.5, 0.6) is 0 Å². The SMILES string of the molecule is c1ccc(-c2cc(-c3nc(-c4ccccc4)nc(-c4cccc(-n5c6ccccc6c6ccccc65)c4)n3)c3c(c2)oc2ccccc23)cc1. The van der Waals surface area contributed by atoms with Crippen LogP contribution in [-0.4, -0.2) is 19.5 Å². The zero-order chi connectivity index (χ0) is 33.0. The topological polar surface area (TPSA) is 56.7 Å². The maximum atomic E-state index is 6.46. The van der Waals surface area contributed by atoms with Crippen LogP contribution in [0.4, 0.5) is 0 Å². The van der Waals surface area contributed by atoms with E-state index in [1.54, 1.807) is 0 Å². The third-order valence-electron chi connectivity index (χ3n) is 9.44. The molecule has 0 N–H and O–H groups in total. The highest BCUT2D eigenvalue weighted by Gasteiger charge is 2.20. The second-order valence-corrected chi connectivity index (χ2v) is 12.5. The summed E-state index contributed by atoms with van der Waals surface area (Å²) >= 11 is 0. The van der Waals surface area contributed by atoms with Crippen LogP contribution in [0.3, 0.4) is 0 Å². The van der Waals surface area contributed by atoms with Gasteiger partial charge in [-0.15, -0.1) is 0 Å². The van der Waals surface area contributed by atoms with Gasteiger partial charge in [0.05, 0.1) is 11.0 Å². The minimum atomic E-state index is 0.588. The van der Waals surface area contributed by atoms with E-state index in [9.17, 15) is 0 Å². The lowest BCUT2D eigenvalue weighted by molar-refractivity contribution is 0.669. The number of para-hydroxylation sites is 3. The molecule has 5 nitrogen and oxygen atoms in total. The molecule has 0 saturated carbocycles. The van der Waals surface area contributed by atoms with Gasteiger partial charge in [-0.2, -0.15) is 0 Å². The summed E-state index contributed by atoms with van der Waals surface area (Å²) in [6.07, 6.45) is 0. The van der Waals surface area contributed by atoms with E-state index in [4.69, 9.17) is 19.4 Å². The monoisotopic (exact) mass is 640 g/mol. The molecule has 0 aliphatic heterocycles. The molecule has 0 spiro atoms. The Morgan fingerprint density at radius 1 is 0.380 bits per heavy atom. The van der Waals surface area contributed by atoms with Crippen molar-refractivity contribution in [2.45, 2.75) is 0 Å². The summed E-state index contributed by atoms with van der Waals surface area (Å²) in [5.41, 5.74) is 9.79. The molecule has 0 unspecified atom stereocenters. The second-order valence-electron chi connectivity index (χ2n) is 12.5. The van der Waals surface area contributed by atoms with Gasteiger partial charge < -0.3 is 8.98 Å². The number of hydrogen-bond acceptors (Lipinski definition) is 4. The van der Waals surface area contributed by atoms with Crippen molar-refractivity contribution in [3.63, 3.8) is 0 Å². The highest BCUT2D eigenvalue weighted by molar-refractivity contribution is 6.13. The first-order valence-corrected chi connectivity index (χ1v) is 16.7. The maximum Gasteiger partial charge on any atom is 0.164 e. The number of fused-ring (bicyclic) bond motifs is 6. The molecule has 234 valence electrons. The molecule has 10 rings (SSSR count). The van der Waals surface area contributed by atoms with Crippen molar-refractivity contribution in [2.75, 3.05) is 0 Å². The minimum absolute atomic E-state index is 0.588.